The van der Waals surface area contributed by atoms with E-state index in [1.165, 1.54) is 18.5 Å². The van der Waals surface area contributed by atoms with E-state index >= 15 is 0 Å². The van der Waals surface area contributed by atoms with Gasteiger partial charge >= 0.3 is 6.01 Å². The zero-order valence-corrected chi connectivity index (χ0v) is 16.9. The SMILES string of the molecule is O=C(c1ccncc1)N1CCC(COc2ncc(-c3cccc(CO)c3F)cn2)CC1. The molecule has 0 spiro atoms. The van der Waals surface area contributed by atoms with Crippen LogP contribution < -0.4 is 4.74 Å². The summed E-state index contributed by atoms with van der Waals surface area (Å²) < 4.78 is 20.1. The van der Waals surface area contributed by atoms with Crippen molar-refractivity contribution >= 4 is 5.91 Å². The number of carbonyl (C=O) groups excluding carboxylic acids is 1. The largest absolute Gasteiger partial charge is 0.463 e. The first kappa shape index (κ1) is 20.9. The Morgan fingerprint density at radius 2 is 1.84 bits per heavy atom. The number of nitrogens with zero attached hydrogens (tertiary/aromatic N) is 4. The average molecular weight is 422 g/mol. The lowest BCUT2D eigenvalue weighted by molar-refractivity contribution is 0.0657. The second-order valence-corrected chi connectivity index (χ2v) is 7.47. The standard InChI is InChI=1S/C23H23FN4O3/c24-21-18(14-29)2-1-3-20(21)19-12-26-23(27-13-19)31-15-16-6-10-28(11-7-16)22(30)17-4-8-25-9-5-17/h1-5,8-9,12-13,16,29H,6-7,10-11,14-15H2. The highest BCUT2D eigenvalue weighted by Gasteiger charge is 2.24. The first-order valence-electron chi connectivity index (χ1n) is 10.2. The summed E-state index contributed by atoms with van der Waals surface area (Å²) in [6, 6.07) is 8.52. The quantitative estimate of drug-likeness (QED) is 0.657. The van der Waals surface area contributed by atoms with Crippen LogP contribution in [0.25, 0.3) is 11.1 Å². The minimum Gasteiger partial charge on any atom is -0.463 e. The number of hydrogen-bond donors (Lipinski definition) is 1. The van der Waals surface area contributed by atoms with Crippen LogP contribution in [-0.2, 0) is 6.61 Å². The maximum absolute atomic E-state index is 14.4. The molecule has 31 heavy (non-hydrogen) atoms. The molecule has 0 unspecified atom stereocenters. The fourth-order valence-electron chi connectivity index (χ4n) is 3.63. The molecule has 4 rings (SSSR count). The number of likely N-dealkylation sites (tertiary alicyclic amines) is 1. The molecule has 2 aromatic heterocycles. The van der Waals surface area contributed by atoms with Crippen LogP contribution in [-0.4, -0.2) is 50.6 Å². The minimum absolute atomic E-state index is 0.0261. The maximum atomic E-state index is 14.4. The number of aliphatic hydroxyl groups is 1. The molecule has 1 amide bonds. The lowest BCUT2D eigenvalue weighted by atomic mass is 9.97. The highest BCUT2D eigenvalue weighted by atomic mass is 19.1. The van der Waals surface area contributed by atoms with Crippen LogP contribution in [0, 0.1) is 11.7 Å². The van der Waals surface area contributed by atoms with Gasteiger partial charge in [-0.3, -0.25) is 9.78 Å². The molecule has 1 N–H and O–H groups in total. The molecule has 1 fully saturated rings. The molecule has 1 aromatic carbocycles. The third-order valence-electron chi connectivity index (χ3n) is 5.47. The molecular formula is C23H23FN4O3. The van der Waals surface area contributed by atoms with Gasteiger partial charge in [0.25, 0.3) is 5.91 Å². The molecule has 8 heteroatoms. The van der Waals surface area contributed by atoms with Crippen LogP contribution in [0.5, 0.6) is 6.01 Å². The average Bonchev–Trinajstić information content (AvgIpc) is 2.84. The summed E-state index contributed by atoms with van der Waals surface area (Å²) in [6.07, 6.45) is 7.95. The van der Waals surface area contributed by atoms with Crippen molar-refractivity contribution in [3.63, 3.8) is 0 Å². The number of ether oxygens (including phenoxy) is 1. The number of aliphatic hydroxyl groups excluding tert-OH is 1. The highest BCUT2D eigenvalue weighted by Crippen LogP contribution is 2.25. The van der Waals surface area contributed by atoms with Gasteiger partial charge in [-0.1, -0.05) is 18.2 Å². The molecule has 0 bridgehead atoms. The van der Waals surface area contributed by atoms with Crippen molar-refractivity contribution in [3.05, 3.63) is 72.1 Å². The molecule has 1 saturated heterocycles. The zero-order chi connectivity index (χ0) is 21.6. The lowest BCUT2D eigenvalue weighted by Gasteiger charge is -2.31. The highest BCUT2D eigenvalue weighted by molar-refractivity contribution is 5.94. The van der Waals surface area contributed by atoms with Gasteiger partial charge in [0.2, 0.25) is 0 Å². The predicted molar refractivity (Wildman–Crippen MR) is 112 cm³/mol. The van der Waals surface area contributed by atoms with Crippen LogP contribution in [0.4, 0.5) is 4.39 Å². The minimum atomic E-state index is -0.477. The lowest BCUT2D eigenvalue weighted by Crippen LogP contribution is -2.39. The Balaban J connectivity index is 1.29. The number of piperidine rings is 1. The van der Waals surface area contributed by atoms with Gasteiger partial charge in [0.1, 0.15) is 5.82 Å². The Morgan fingerprint density at radius 1 is 1.13 bits per heavy atom. The van der Waals surface area contributed by atoms with Crippen LogP contribution in [0.2, 0.25) is 0 Å². The third kappa shape index (κ3) is 4.86. The predicted octanol–water partition coefficient (Wildman–Crippen LogP) is 3.10. The molecule has 160 valence electrons. The number of carbonyl (C=O) groups is 1. The van der Waals surface area contributed by atoms with Crippen molar-refractivity contribution in [3.8, 4) is 17.1 Å². The number of amides is 1. The monoisotopic (exact) mass is 422 g/mol. The molecule has 1 aliphatic heterocycles. The van der Waals surface area contributed by atoms with Gasteiger partial charge in [-0.2, -0.15) is 0 Å². The van der Waals surface area contributed by atoms with E-state index in [2.05, 4.69) is 15.0 Å². The summed E-state index contributed by atoms with van der Waals surface area (Å²) in [6.45, 7) is 1.45. The summed E-state index contributed by atoms with van der Waals surface area (Å²) in [5, 5.41) is 9.22. The summed E-state index contributed by atoms with van der Waals surface area (Å²) in [4.78, 5) is 26.7. The van der Waals surface area contributed by atoms with Gasteiger partial charge in [0.15, 0.2) is 0 Å². The van der Waals surface area contributed by atoms with E-state index in [0.29, 0.717) is 42.3 Å². The molecule has 3 aromatic rings. The van der Waals surface area contributed by atoms with E-state index in [1.54, 1.807) is 36.7 Å². The number of rotatable bonds is 6. The number of benzene rings is 1. The second kappa shape index (κ2) is 9.61. The molecule has 0 atom stereocenters. The molecule has 1 aliphatic rings. The maximum Gasteiger partial charge on any atom is 0.316 e. The van der Waals surface area contributed by atoms with E-state index in [4.69, 9.17) is 4.74 Å². The van der Waals surface area contributed by atoms with E-state index in [9.17, 15) is 14.3 Å². The van der Waals surface area contributed by atoms with Crippen molar-refractivity contribution in [2.75, 3.05) is 19.7 Å². The Morgan fingerprint density at radius 3 is 2.52 bits per heavy atom. The third-order valence-corrected chi connectivity index (χ3v) is 5.47. The molecule has 3 heterocycles. The Hall–Kier alpha value is -3.39. The Bertz CT molecular complexity index is 1020. The number of halogens is 1. The van der Waals surface area contributed by atoms with Crippen LogP contribution in [0.1, 0.15) is 28.8 Å². The van der Waals surface area contributed by atoms with Gasteiger partial charge in [-0.25, -0.2) is 14.4 Å². The van der Waals surface area contributed by atoms with Crippen molar-refractivity contribution in [2.24, 2.45) is 5.92 Å². The molecule has 0 aliphatic carbocycles. The van der Waals surface area contributed by atoms with Crippen molar-refractivity contribution in [1.82, 2.24) is 19.9 Å². The van der Waals surface area contributed by atoms with Crippen LogP contribution in [0.15, 0.2) is 55.1 Å². The topological polar surface area (TPSA) is 88.4 Å². The molecule has 0 radical (unpaired) electrons. The van der Waals surface area contributed by atoms with E-state index in [0.717, 1.165) is 12.8 Å². The van der Waals surface area contributed by atoms with Gasteiger partial charge in [0.05, 0.1) is 13.2 Å². The van der Waals surface area contributed by atoms with E-state index in [1.807, 2.05) is 4.90 Å². The van der Waals surface area contributed by atoms with Gasteiger partial charge in [0, 0.05) is 60.1 Å². The molecular weight excluding hydrogens is 399 g/mol. The molecule has 0 saturated carbocycles. The first-order valence-corrected chi connectivity index (χ1v) is 10.2. The summed E-state index contributed by atoms with van der Waals surface area (Å²) in [7, 11) is 0. The number of pyridine rings is 1. The molecule has 7 nitrogen and oxygen atoms in total. The van der Waals surface area contributed by atoms with Crippen LogP contribution >= 0.6 is 0 Å². The number of aromatic nitrogens is 3. The number of hydrogen-bond acceptors (Lipinski definition) is 6. The fourth-order valence-corrected chi connectivity index (χ4v) is 3.63. The summed E-state index contributed by atoms with van der Waals surface area (Å²) in [5.74, 6) is -0.142. The van der Waals surface area contributed by atoms with Crippen molar-refractivity contribution in [2.45, 2.75) is 19.4 Å². The van der Waals surface area contributed by atoms with Crippen LogP contribution in [0.3, 0.4) is 0 Å². The normalized spacial score (nSPS) is 14.5. The first-order chi connectivity index (χ1) is 15.2. The van der Waals surface area contributed by atoms with Gasteiger partial charge in [-0.15, -0.1) is 0 Å². The van der Waals surface area contributed by atoms with Gasteiger partial charge < -0.3 is 14.7 Å². The zero-order valence-electron chi connectivity index (χ0n) is 16.9. The summed E-state index contributed by atoms with van der Waals surface area (Å²) in [5.41, 5.74) is 1.73. The Kier molecular flexibility index (Phi) is 6.47. The second-order valence-electron chi connectivity index (χ2n) is 7.47. The van der Waals surface area contributed by atoms with Crippen molar-refractivity contribution < 1.29 is 19.0 Å². The van der Waals surface area contributed by atoms with Crippen molar-refractivity contribution in [1.29, 1.82) is 0 Å². The summed E-state index contributed by atoms with van der Waals surface area (Å²) >= 11 is 0. The fraction of sp³-hybridized carbons (Fsp3) is 0.304. The smallest absolute Gasteiger partial charge is 0.316 e. The van der Waals surface area contributed by atoms with Gasteiger partial charge in [-0.05, 0) is 30.9 Å². The Labute approximate surface area is 179 Å². The van der Waals surface area contributed by atoms with E-state index in [-0.39, 0.29) is 24.1 Å². The van der Waals surface area contributed by atoms with E-state index < -0.39 is 5.82 Å².